The maximum Gasteiger partial charge on any atom is 0.335 e. The van der Waals surface area contributed by atoms with Crippen molar-refractivity contribution in [3.63, 3.8) is 0 Å². The summed E-state index contributed by atoms with van der Waals surface area (Å²) in [7, 11) is 0. The summed E-state index contributed by atoms with van der Waals surface area (Å²) in [6.45, 7) is 0. The molecule has 1 fully saturated rings. The molecule has 1 aliphatic rings. The highest BCUT2D eigenvalue weighted by Gasteiger charge is 2.39. The van der Waals surface area contributed by atoms with Crippen LogP contribution >= 0.6 is 0 Å². The van der Waals surface area contributed by atoms with Crippen LogP contribution in [0.15, 0.2) is 0 Å². The van der Waals surface area contributed by atoms with Gasteiger partial charge in [-0.2, -0.15) is 0 Å². The van der Waals surface area contributed by atoms with E-state index in [-0.39, 0.29) is 6.42 Å². The first-order chi connectivity index (χ1) is 5.52. The van der Waals surface area contributed by atoms with Crippen molar-refractivity contribution in [1.82, 2.24) is 0 Å². The average molecular weight is 178 g/mol. The molecule has 0 radical (unpaired) electrons. The van der Waals surface area contributed by atoms with E-state index >= 15 is 0 Å². The molecular weight excluding hydrogens is 168 g/mol. The third kappa shape index (κ3) is 1.72. The zero-order valence-corrected chi connectivity index (χ0v) is 6.12. The van der Waals surface area contributed by atoms with Crippen LogP contribution in [0.4, 0.5) is 0 Å². The molecule has 0 amide bonds. The van der Waals surface area contributed by atoms with Gasteiger partial charge in [0, 0.05) is 6.42 Å². The van der Waals surface area contributed by atoms with Crippen molar-refractivity contribution in [2.24, 2.45) is 0 Å². The van der Waals surface area contributed by atoms with Gasteiger partial charge in [-0.05, 0) is 0 Å². The van der Waals surface area contributed by atoms with Crippen molar-refractivity contribution in [3.05, 3.63) is 0 Å². The molecule has 0 saturated carbocycles. The molecule has 70 valence electrons. The molecule has 6 nitrogen and oxygen atoms in total. The lowest BCUT2D eigenvalue weighted by Crippen LogP contribution is -2.50. The molecule has 1 heterocycles. The Morgan fingerprint density at radius 2 is 1.83 bits per heavy atom. The van der Waals surface area contributed by atoms with Crippen molar-refractivity contribution < 1.29 is 30.0 Å². The van der Waals surface area contributed by atoms with E-state index in [1.54, 1.807) is 0 Å². The van der Waals surface area contributed by atoms with E-state index in [2.05, 4.69) is 4.74 Å². The Morgan fingerprint density at radius 3 is 2.33 bits per heavy atom. The smallest absolute Gasteiger partial charge is 0.335 e. The number of ether oxygens (including phenoxy) is 1. The third-order valence-electron chi connectivity index (χ3n) is 1.69. The van der Waals surface area contributed by atoms with Crippen molar-refractivity contribution in [2.75, 3.05) is 0 Å². The molecule has 4 N–H and O–H groups in total. The number of carboxylic acids is 1. The normalized spacial score (nSPS) is 42.6. The monoisotopic (exact) mass is 178 g/mol. The predicted octanol–water partition coefficient (Wildman–Crippen LogP) is -2.10. The molecule has 0 spiro atoms. The van der Waals surface area contributed by atoms with Crippen LogP contribution in [0.1, 0.15) is 6.42 Å². The molecule has 1 saturated heterocycles. The van der Waals surface area contributed by atoms with Crippen molar-refractivity contribution >= 4 is 5.97 Å². The number of carboxylic acid groups (broad SMARTS) is 1. The van der Waals surface area contributed by atoms with Crippen molar-refractivity contribution in [3.8, 4) is 0 Å². The Kier molecular flexibility index (Phi) is 2.63. The van der Waals surface area contributed by atoms with Gasteiger partial charge in [-0.25, -0.2) is 4.79 Å². The van der Waals surface area contributed by atoms with Crippen LogP contribution in [0.3, 0.4) is 0 Å². The fraction of sp³-hybridized carbons (Fsp3) is 0.833. The van der Waals surface area contributed by atoms with E-state index in [0.717, 1.165) is 0 Å². The number of rotatable bonds is 1. The van der Waals surface area contributed by atoms with Crippen LogP contribution in [0.25, 0.3) is 0 Å². The van der Waals surface area contributed by atoms with Gasteiger partial charge in [-0.1, -0.05) is 0 Å². The van der Waals surface area contributed by atoms with Crippen LogP contribution in [0, 0.1) is 0 Å². The zero-order valence-electron chi connectivity index (χ0n) is 6.12. The highest BCUT2D eigenvalue weighted by atomic mass is 16.6. The first-order valence-corrected chi connectivity index (χ1v) is 3.45. The van der Waals surface area contributed by atoms with E-state index in [0.29, 0.717) is 0 Å². The lowest BCUT2D eigenvalue weighted by atomic mass is 10.0. The second kappa shape index (κ2) is 3.36. The lowest BCUT2D eigenvalue weighted by Gasteiger charge is -2.31. The second-order valence-corrected chi connectivity index (χ2v) is 2.66. The summed E-state index contributed by atoms with van der Waals surface area (Å²) in [5, 5.41) is 35.3. The third-order valence-corrected chi connectivity index (χ3v) is 1.69. The topological polar surface area (TPSA) is 107 Å². The molecular formula is C6H10O6. The summed E-state index contributed by atoms with van der Waals surface area (Å²) in [6, 6.07) is 0. The van der Waals surface area contributed by atoms with Crippen LogP contribution in [-0.2, 0) is 9.53 Å². The molecule has 1 aliphatic heterocycles. The Morgan fingerprint density at radius 1 is 1.25 bits per heavy atom. The van der Waals surface area contributed by atoms with Gasteiger partial charge in [0.2, 0.25) is 0 Å². The molecule has 0 aromatic rings. The SMILES string of the molecule is O=C(O)C1OC(O)[C@@H](O)CC1O. The van der Waals surface area contributed by atoms with E-state index in [1.165, 1.54) is 0 Å². The number of hydrogen-bond acceptors (Lipinski definition) is 5. The molecule has 12 heavy (non-hydrogen) atoms. The van der Waals surface area contributed by atoms with Gasteiger partial charge in [-0.3, -0.25) is 0 Å². The number of aliphatic carboxylic acids is 1. The van der Waals surface area contributed by atoms with E-state index in [1.807, 2.05) is 0 Å². The molecule has 1 rings (SSSR count). The predicted molar refractivity (Wildman–Crippen MR) is 35.1 cm³/mol. The van der Waals surface area contributed by atoms with Crippen molar-refractivity contribution in [2.45, 2.75) is 31.0 Å². The first-order valence-electron chi connectivity index (χ1n) is 3.45. The summed E-state index contributed by atoms with van der Waals surface area (Å²) < 4.78 is 4.43. The molecule has 6 heteroatoms. The van der Waals surface area contributed by atoms with Gasteiger partial charge < -0.3 is 25.2 Å². The first kappa shape index (κ1) is 9.40. The van der Waals surface area contributed by atoms with Gasteiger partial charge in [0.05, 0.1) is 6.10 Å². The molecule has 4 atom stereocenters. The maximum atomic E-state index is 10.3. The molecule has 3 unspecified atom stereocenters. The Hall–Kier alpha value is -0.690. The summed E-state index contributed by atoms with van der Waals surface area (Å²) in [6.07, 6.45) is -5.69. The van der Waals surface area contributed by atoms with Gasteiger partial charge in [0.15, 0.2) is 12.4 Å². The molecule has 0 bridgehead atoms. The standard InChI is InChI=1S/C6H10O6/c7-2-1-3(8)6(11)12-4(2)5(9)10/h2-4,6-8,11H,1H2,(H,9,10)/t2?,3-,4?,6?/m0/s1. The van der Waals surface area contributed by atoms with Crippen LogP contribution in [-0.4, -0.2) is 51.0 Å². The number of hydrogen-bond donors (Lipinski definition) is 4. The Labute approximate surface area is 68.0 Å². The van der Waals surface area contributed by atoms with Crippen LogP contribution < -0.4 is 0 Å². The minimum atomic E-state index is -1.53. The van der Waals surface area contributed by atoms with E-state index in [4.69, 9.17) is 20.4 Å². The second-order valence-electron chi connectivity index (χ2n) is 2.66. The summed E-state index contributed by atoms with van der Waals surface area (Å²) in [5.74, 6) is -1.35. The summed E-state index contributed by atoms with van der Waals surface area (Å²) >= 11 is 0. The lowest BCUT2D eigenvalue weighted by molar-refractivity contribution is -0.247. The Bertz CT molecular complexity index is 181. The van der Waals surface area contributed by atoms with Gasteiger partial charge in [-0.15, -0.1) is 0 Å². The van der Waals surface area contributed by atoms with Crippen molar-refractivity contribution in [1.29, 1.82) is 0 Å². The van der Waals surface area contributed by atoms with Crippen LogP contribution in [0.2, 0.25) is 0 Å². The minimum Gasteiger partial charge on any atom is -0.479 e. The number of carbonyl (C=O) groups is 1. The van der Waals surface area contributed by atoms with Gasteiger partial charge >= 0.3 is 5.97 Å². The molecule has 0 aromatic carbocycles. The highest BCUT2D eigenvalue weighted by molar-refractivity contribution is 5.73. The van der Waals surface area contributed by atoms with E-state index in [9.17, 15) is 4.79 Å². The van der Waals surface area contributed by atoms with Gasteiger partial charge in [0.25, 0.3) is 0 Å². The molecule has 0 aliphatic carbocycles. The van der Waals surface area contributed by atoms with E-state index < -0.39 is 30.6 Å². The summed E-state index contributed by atoms with van der Waals surface area (Å²) in [4.78, 5) is 10.3. The highest BCUT2D eigenvalue weighted by Crippen LogP contribution is 2.18. The number of aliphatic hydroxyl groups is 3. The van der Waals surface area contributed by atoms with Crippen LogP contribution in [0.5, 0.6) is 0 Å². The molecule has 0 aromatic heterocycles. The average Bonchev–Trinajstić information content (AvgIpc) is 1.96. The largest absolute Gasteiger partial charge is 0.479 e. The zero-order chi connectivity index (χ0) is 9.30. The van der Waals surface area contributed by atoms with Gasteiger partial charge in [0.1, 0.15) is 6.10 Å². The number of aliphatic hydroxyl groups excluding tert-OH is 3. The minimum absolute atomic E-state index is 0.196. The quantitative estimate of drug-likeness (QED) is 0.366. The Balaban J connectivity index is 2.61. The fourth-order valence-corrected chi connectivity index (χ4v) is 1.04. The maximum absolute atomic E-state index is 10.3. The fourth-order valence-electron chi connectivity index (χ4n) is 1.04. The summed E-state index contributed by atoms with van der Waals surface area (Å²) in [5.41, 5.74) is 0.